The van der Waals surface area contributed by atoms with E-state index in [-0.39, 0.29) is 5.75 Å². The third kappa shape index (κ3) is 6.93. The number of hydrogen-bond acceptors (Lipinski definition) is 2. The Morgan fingerprint density at radius 1 is 0.935 bits per heavy atom. The van der Waals surface area contributed by atoms with Gasteiger partial charge in [-0.1, -0.05) is 62.2 Å². The number of ether oxygens (including phenoxy) is 1. The van der Waals surface area contributed by atoms with E-state index in [4.69, 9.17) is 4.74 Å². The van der Waals surface area contributed by atoms with Crippen LogP contribution in [0, 0.1) is 5.82 Å². The predicted octanol–water partition coefficient (Wildman–Crippen LogP) is 8.13. The first-order valence-electron chi connectivity index (χ1n) is 11.4. The fourth-order valence-corrected chi connectivity index (χ4v) is 3.70. The molecule has 1 unspecified atom stereocenters. The van der Waals surface area contributed by atoms with Gasteiger partial charge in [-0.05, 0) is 84.3 Å². The van der Waals surface area contributed by atoms with Gasteiger partial charge in [-0.15, -0.1) is 0 Å². The number of allylic oxidation sites excluding steroid dienone is 1. The van der Waals surface area contributed by atoms with Gasteiger partial charge >= 0.3 is 0 Å². The Morgan fingerprint density at radius 3 is 2.48 bits per heavy atom. The molecule has 0 radical (unpaired) electrons. The van der Waals surface area contributed by atoms with E-state index in [0.29, 0.717) is 6.10 Å². The molecule has 164 valence electrons. The minimum atomic E-state index is -0.601. The summed E-state index contributed by atoms with van der Waals surface area (Å²) in [5.41, 5.74) is 2.87. The van der Waals surface area contributed by atoms with Gasteiger partial charge in [0.25, 0.3) is 0 Å². The van der Waals surface area contributed by atoms with Crippen molar-refractivity contribution in [3.05, 3.63) is 72.1 Å². The number of phenolic OH excluding ortho intramolecular Hbond substituents is 1. The lowest BCUT2D eigenvalue weighted by Gasteiger charge is -2.12. The lowest BCUT2D eigenvalue weighted by Crippen LogP contribution is -2.08. The highest BCUT2D eigenvalue weighted by Crippen LogP contribution is 2.28. The molecule has 3 heteroatoms. The van der Waals surface area contributed by atoms with Crippen molar-refractivity contribution in [3.63, 3.8) is 0 Å². The average molecular weight is 421 g/mol. The summed E-state index contributed by atoms with van der Waals surface area (Å²) in [6.45, 7) is 5.26. The topological polar surface area (TPSA) is 29.5 Å². The largest absolute Gasteiger partial charge is 0.505 e. The Balaban J connectivity index is 1.53. The maximum atomic E-state index is 13.7. The molecular formula is C28H33FO2. The van der Waals surface area contributed by atoms with E-state index in [1.54, 1.807) is 6.07 Å². The number of unbranched alkanes of at least 4 members (excludes halogenated alkanes) is 3. The van der Waals surface area contributed by atoms with Gasteiger partial charge in [-0.2, -0.15) is 0 Å². The minimum Gasteiger partial charge on any atom is -0.505 e. The van der Waals surface area contributed by atoms with Crippen molar-refractivity contribution in [3.8, 4) is 16.9 Å². The molecule has 0 fully saturated rings. The van der Waals surface area contributed by atoms with Crippen molar-refractivity contribution in [1.29, 1.82) is 0 Å². The van der Waals surface area contributed by atoms with E-state index in [2.05, 4.69) is 56.3 Å². The Bertz CT molecular complexity index is 1010. The van der Waals surface area contributed by atoms with Crippen LogP contribution in [0.3, 0.4) is 0 Å². The van der Waals surface area contributed by atoms with Crippen molar-refractivity contribution in [2.75, 3.05) is 6.61 Å². The molecule has 2 nitrogen and oxygen atoms in total. The van der Waals surface area contributed by atoms with Crippen LogP contribution in [0.15, 0.2) is 60.7 Å². The van der Waals surface area contributed by atoms with Crippen molar-refractivity contribution in [2.24, 2.45) is 0 Å². The molecule has 31 heavy (non-hydrogen) atoms. The zero-order valence-corrected chi connectivity index (χ0v) is 18.6. The second kappa shape index (κ2) is 11.7. The molecule has 3 aromatic carbocycles. The molecule has 0 aliphatic heterocycles. The number of fused-ring (bicyclic) bond motifs is 1. The van der Waals surface area contributed by atoms with Crippen LogP contribution in [-0.2, 0) is 4.74 Å². The molecule has 0 saturated carbocycles. The summed E-state index contributed by atoms with van der Waals surface area (Å²) in [5, 5.41) is 11.6. The number of benzene rings is 3. The molecular weight excluding hydrogens is 387 g/mol. The van der Waals surface area contributed by atoms with Crippen molar-refractivity contribution in [2.45, 2.75) is 58.5 Å². The summed E-state index contributed by atoms with van der Waals surface area (Å²) < 4.78 is 19.5. The Morgan fingerprint density at radius 2 is 1.68 bits per heavy atom. The number of hydrogen-bond donors (Lipinski definition) is 1. The molecule has 0 aliphatic rings. The summed E-state index contributed by atoms with van der Waals surface area (Å²) in [5.74, 6) is -0.926. The summed E-state index contributed by atoms with van der Waals surface area (Å²) in [6.07, 6.45) is 11.7. The number of phenols is 1. The number of aromatic hydroxyl groups is 1. The van der Waals surface area contributed by atoms with Crippen molar-refractivity contribution >= 4 is 16.8 Å². The quantitative estimate of drug-likeness (QED) is 0.317. The van der Waals surface area contributed by atoms with Crippen LogP contribution in [0.4, 0.5) is 4.39 Å². The SMILES string of the molecule is CCCCCOC(C)CCCC=Cc1ccc2cc(-c3ccc(O)c(F)c3)ccc2c1. The Hall–Kier alpha value is -2.65. The molecule has 3 aromatic rings. The minimum absolute atomic E-state index is 0.324. The number of halogens is 1. The summed E-state index contributed by atoms with van der Waals surface area (Å²) in [7, 11) is 0. The predicted molar refractivity (Wildman–Crippen MR) is 129 cm³/mol. The second-order valence-corrected chi connectivity index (χ2v) is 8.21. The first-order valence-corrected chi connectivity index (χ1v) is 11.4. The average Bonchev–Trinajstić information content (AvgIpc) is 2.78. The fraction of sp³-hybridized carbons (Fsp3) is 0.357. The molecule has 0 saturated heterocycles. The summed E-state index contributed by atoms with van der Waals surface area (Å²) >= 11 is 0. The lowest BCUT2D eigenvalue weighted by molar-refractivity contribution is 0.0566. The van der Waals surface area contributed by atoms with Gasteiger partial charge in [-0.3, -0.25) is 0 Å². The van der Waals surface area contributed by atoms with Gasteiger partial charge in [0.05, 0.1) is 6.10 Å². The van der Waals surface area contributed by atoms with E-state index < -0.39 is 5.82 Å². The molecule has 0 heterocycles. The zero-order valence-electron chi connectivity index (χ0n) is 18.6. The second-order valence-electron chi connectivity index (χ2n) is 8.21. The highest BCUT2D eigenvalue weighted by molar-refractivity contribution is 5.89. The van der Waals surface area contributed by atoms with Gasteiger partial charge in [0.1, 0.15) is 0 Å². The maximum Gasteiger partial charge on any atom is 0.165 e. The molecule has 0 aromatic heterocycles. The van der Waals surface area contributed by atoms with E-state index in [0.717, 1.165) is 54.2 Å². The molecule has 1 N–H and O–H groups in total. The van der Waals surface area contributed by atoms with Crippen LogP contribution in [0.5, 0.6) is 5.75 Å². The van der Waals surface area contributed by atoms with E-state index >= 15 is 0 Å². The van der Waals surface area contributed by atoms with E-state index in [1.807, 2.05) is 6.07 Å². The lowest BCUT2D eigenvalue weighted by atomic mass is 9.99. The molecule has 0 spiro atoms. The highest BCUT2D eigenvalue weighted by Gasteiger charge is 2.05. The van der Waals surface area contributed by atoms with Crippen LogP contribution in [0.1, 0.15) is 57.9 Å². The third-order valence-electron chi connectivity index (χ3n) is 5.59. The summed E-state index contributed by atoms with van der Waals surface area (Å²) in [6, 6.07) is 17.0. The van der Waals surface area contributed by atoms with E-state index in [9.17, 15) is 9.50 Å². The summed E-state index contributed by atoms with van der Waals surface area (Å²) in [4.78, 5) is 0. The molecule has 0 bridgehead atoms. The number of rotatable bonds is 11. The standard InChI is InChI=1S/C28H33FO2/c1-3-4-8-17-31-21(2)9-6-5-7-10-22-11-12-24-19-25(14-13-23(24)18-22)26-15-16-28(30)27(29)20-26/h7,10-16,18-21,30H,3-6,8-9,17H2,1-2H3. The molecule has 3 rings (SSSR count). The first-order chi connectivity index (χ1) is 15.1. The van der Waals surface area contributed by atoms with Crippen LogP contribution >= 0.6 is 0 Å². The van der Waals surface area contributed by atoms with Crippen molar-refractivity contribution in [1.82, 2.24) is 0 Å². The van der Waals surface area contributed by atoms with Crippen LogP contribution in [0.2, 0.25) is 0 Å². The molecule has 1 atom stereocenters. The zero-order chi connectivity index (χ0) is 22.1. The highest BCUT2D eigenvalue weighted by atomic mass is 19.1. The smallest absolute Gasteiger partial charge is 0.165 e. The van der Waals surface area contributed by atoms with Crippen molar-refractivity contribution < 1.29 is 14.2 Å². The molecule has 0 amide bonds. The van der Waals surface area contributed by atoms with Gasteiger partial charge in [0.15, 0.2) is 11.6 Å². The Labute approximate surface area is 185 Å². The Kier molecular flexibility index (Phi) is 8.66. The normalized spacial score (nSPS) is 12.6. The van der Waals surface area contributed by atoms with Crippen LogP contribution in [-0.4, -0.2) is 17.8 Å². The first kappa shape index (κ1) is 23.0. The third-order valence-corrected chi connectivity index (χ3v) is 5.59. The maximum absolute atomic E-state index is 13.7. The molecule has 0 aliphatic carbocycles. The van der Waals surface area contributed by atoms with Crippen LogP contribution < -0.4 is 0 Å². The van der Waals surface area contributed by atoms with Crippen LogP contribution in [0.25, 0.3) is 28.0 Å². The van der Waals surface area contributed by atoms with E-state index in [1.165, 1.54) is 30.5 Å². The van der Waals surface area contributed by atoms with Gasteiger partial charge in [0, 0.05) is 6.61 Å². The van der Waals surface area contributed by atoms with Gasteiger partial charge in [0.2, 0.25) is 0 Å². The van der Waals surface area contributed by atoms with Gasteiger partial charge < -0.3 is 9.84 Å². The monoisotopic (exact) mass is 420 g/mol. The fourth-order valence-electron chi connectivity index (χ4n) is 3.70. The van der Waals surface area contributed by atoms with Gasteiger partial charge in [-0.25, -0.2) is 4.39 Å².